The van der Waals surface area contributed by atoms with Crippen LogP contribution < -0.4 is 5.32 Å². The lowest BCUT2D eigenvalue weighted by atomic mass is 10.0. The van der Waals surface area contributed by atoms with Crippen molar-refractivity contribution in [3.8, 4) is 0 Å². The lowest BCUT2D eigenvalue weighted by Gasteiger charge is -2.20. The van der Waals surface area contributed by atoms with Crippen LogP contribution in [0.1, 0.15) is 12.8 Å². The Hall–Kier alpha value is -1.20. The van der Waals surface area contributed by atoms with Gasteiger partial charge in [-0.1, -0.05) is 11.6 Å². The fourth-order valence-corrected chi connectivity index (χ4v) is 1.72. The van der Waals surface area contributed by atoms with E-state index in [1.807, 2.05) is 0 Å². The summed E-state index contributed by atoms with van der Waals surface area (Å²) in [5, 5.41) is 2.86. The molecule has 1 atom stereocenters. The summed E-state index contributed by atoms with van der Waals surface area (Å²) in [6.07, 6.45) is 4.70. The molecule has 2 heterocycles. The zero-order valence-corrected chi connectivity index (χ0v) is 9.41. The number of ether oxygens (including phenoxy) is 1. The number of hydrogen-bond donors (Lipinski definition) is 1. The zero-order chi connectivity index (χ0) is 11.4. The molecule has 1 saturated heterocycles. The average molecular weight is 242 g/mol. The summed E-state index contributed by atoms with van der Waals surface area (Å²) in [7, 11) is 0. The van der Waals surface area contributed by atoms with Crippen LogP contribution in [-0.2, 0) is 9.53 Å². The van der Waals surface area contributed by atoms with Gasteiger partial charge in [0.1, 0.15) is 0 Å². The minimum absolute atomic E-state index is 0.109. The highest BCUT2D eigenvalue weighted by atomic mass is 35.5. The second kappa shape index (κ2) is 5.23. The van der Waals surface area contributed by atoms with Gasteiger partial charge in [-0.05, 0) is 12.8 Å². The smallest absolute Gasteiger partial charge is 0.231 e. The first kappa shape index (κ1) is 11.3. The highest BCUT2D eigenvalue weighted by Gasteiger charge is 2.22. The first-order valence-electron chi connectivity index (χ1n) is 5.12. The van der Waals surface area contributed by atoms with Gasteiger partial charge in [-0.2, -0.15) is 0 Å². The molecular weight excluding hydrogens is 230 g/mol. The summed E-state index contributed by atoms with van der Waals surface area (Å²) in [6.45, 7) is 1.19. The molecule has 86 valence electrons. The fourth-order valence-electron chi connectivity index (χ4n) is 1.57. The molecule has 6 heteroatoms. The molecule has 1 aliphatic rings. The summed E-state index contributed by atoms with van der Waals surface area (Å²) in [4.78, 5) is 19.6. The van der Waals surface area contributed by atoms with Crippen molar-refractivity contribution in [3.05, 3.63) is 17.5 Å². The number of carbonyl (C=O) groups is 1. The van der Waals surface area contributed by atoms with Crippen LogP contribution in [0, 0.1) is 5.92 Å². The summed E-state index contributed by atoms with van der Waals surface area (Å²) < 4.78 is 5.24. The Labute approximate surface area is 98.2 Å². The minimum atomic E-state index is -0.119. The van der Waals surface area contributed by atoms with Crippen LogP contribution >= 0.6 is 11.6 Å². The molecule has 0 aromatic carbocycles. The first-order chi connectivity index (χ1) is 7.77. The van der Waals surface area contributed by atoms with Crippen LogP contribution in [0.4, 0.5) is 5.82 Å². The molecule has 1 unspecified atom stereocenters. The quantitative estimate of drug-likeness (QED) is 0.852. The molecule has 1 aromatic heterocycles. The molecule has 2 rings (SSSR count). The Balaban J connectivity index is 1.99. The molecule has 1 fully saturated rings. The molecule has 1 N–H and O–H groups in total. The standard InChI is InChI=1S/C10H12ClN3O2/c11-8-9(13-4-3-12-8)14-10(15)7-2-1-5-16-6-7/h3-4,7H,1-2,5-6H2,(H,13,14,15). The third-order valence-corrected chi connectivity index (χ3v) is 2.70. The minimum Gasteiger partial charge on any atom is -0.381 e. The molecule has 0 bridgehead atoms. The topological polar surface area (TPSA) is 64.1 Å². The number of halogens is 1. The van der Waals surface area contributed by atoms with Crippen LogP contribution in [0.3, 0.4) is 0 Å². The molecule has 0 radical (unpaired) electrons. The SMILES string of the molecule is O=C(Nc1nccnc1Cl)C1CCCOC1. The Morgan fingerprint density at radius 1 is 1.50 bits per heavy atom. The van der Waals surface area contributed by atoms with Crippen molar-refractivity contribution in [2.75, 3.05) is 18.5 Å². The predicted octanol–water partition coefficient (Wildman–Crippen LogP) is 1.50. The van der Waals surface area contributed by atoms with Gasteiger partial charge >= 0.3 is 0 Å². The molecule has 5 nitrogen and oxygen atoms in total. The maximum Gasteiger partial charge on any atom is 0.231 e. The number of aromatic nitrogens is 2. The zero-order valence-electron chi connectivity index (χ0n) is 8.65. The Morgan fingerprint density at radius 3 is 3.00 bits per heavy atom. The van der Waals surface area contributed by atoms with Crippen molar-refractivity contribution in [2.24, 2.45) is 5.92 Å². The van der Waals surface area contributed by atoms with E-state index >= 15 is 0 Å². The lowest BCUT2D eigenvalue weighted by molar-refractivity contribution is -0.123. The van der Waals surface area contributed by atoms with E-state index in [0.717, 1.165) is 19.4 Å². The van der Waals surface area contributed by atoms with Crippen LogP contribution in [0.5, 0.6) is 0 Å². The summed E-state index contributed by atoms with van der Waals surface area (Å²) in [5.74, 6) is 0.0775. The summed E-state index contributed by atoms with van der Waals surface area (Å²) in [5.41, 5.74) is 0. The average Bonchev–Trinajstić information content (AvgIpc) is 2.33. The second-order valence-electron chi connectivity index (χ2n) is 3.60. The van der Waals surface area contributed by atoms with Crippen molar-refractivity contribution in [3.63, 3.8) is 0 Å². The van der Waals surface area contributed by atoms with E-state index in [1.165, 1.54) is 12.4 Å². The van der Waals surface area contributed by atoms with Crippen LogP contribution in [0.2, 0.25) is 5.15 Å². The predicted molar refractivity (Wildman–Crippen MR) is 59.2 cm³/mol. The molecule has 16 heavy (non-hydrogen) atoms. The Morgan fingerprint density at radius 2 is 2.31 bits per heavy atom. The van der Waals surface area contributed by atoms with Gasteiger partial charge in [0, 0.05) is 19.0 Å². The maximum atomic E-state index is 11.8. The number of amides is 1. The van der Waals surface area contributed by atoms with E-state index < -0.39 is 0 Å². The molecule has 0 spiro atoms. The van der Waals surface area contributed by atoms with E-state index in [4.69, 9.17) is 16.3 Å². The van der Waals surface area contributed by atoms with E-state index in [0.29, 0.717) is 12.4 Å². The van der Waals surface area contributed by atoms with Gasteiger partial charge in [0.2, 0.25) is 5.91 Å². The summed E-state index contributed by atoms with van der Waals surface area (Å²) in [6, 6.07) is 0. The Bertz CT molecular complexity index is 380. The molecule has 1 aromatic rings. The number of hydrogen-bond acceptors (Lipinski definition) is 4. The normalized spacial score (nSPS) is 20.4. The molecule has 1 aliphatic heterocycles. The van der Waals surface area contributed by atoms with Gasteiger partial charge in [-0.3, -0.25) is 4.79 Å². The summed E-state index contributed by atoms with van der Waals surface area (Å²) >= 11 is 5.79. The number of nitrogens with zero attached hydrogens (tertiary/aromatic N) is 2. The highest BCUT2D eigenvalue weighted by Crippen LogP contribution is 2.18. The molecule has 0 aliphatic carbocycles. The van der Waals surface area contributed by atoms with Crippen LogP contribution in [0.25, 0.3) is 0 Å². The van der Waals surface area contributed by atoms with Crippen molar-refractivity contribution < 1.29 is 9.53 Å². The van der Waals surface area contributed by atoms with Crippen LogP contribution in [0.15, 0.2) is 12.4 Å². The van der Waals surface area contributed by atoms with Crippen molar-refractivity contribution in [1.82, 2.24) is 9.97 Å². The Kier molecular flexibility index (Phi) is 3.69. The van der Waals surface area contributed by atoms with E-state index in [2.05, 4.69) is 15.3 Å². The van der Waals surface area contributed by atoms with E-state index in [9.17, 15) is 4.79 Å². The first-order valence-corrected chi connectivity index (χ1v) is 5.50. The monoisotopic (exact) mass is 241 g/mol. The van der Waals surface area contributed by atoms with Crippen molar-refractivity contribution >= 4 is 23.3 Å². The highest BCUT2D eigenvalue weighted by molar-refractivity contribution is 6.32. The van der Waals surface area contributed by atoms with E-state index in [1.54, 1.807) is 0 Å². The largest absolute Gasteiger partial charge is 0.381 e. The van der Waals surface area contributed by atoms with Gasteiger partial charge in [0.05, 0.1) is 12.5 Å². The fraction of sp³-hybridized carbons (Fsp3) is 0.500. The van der Waals surface area contributed by atoms with Crippen molar-refractivity contribution in [2.45, 2.75) is 12.8 Å². The van der Waals surface area contributed by atoms with Crippen molar-refractivity contribution in [1.29, 1.82) is 0 Å². The lowest BCUT2D eigenvalue weighted by Crippen LogP contribution is -2.30. The van der Waals surface area contributed by atoms with Gasteiger partial charge in [-0.25, -0.2) is 9.97 Å². The second-order valence-corrected chi connectivity index (χ2v) is 3.96. The molecular formula is C10H12ClN3O2. The van der Waals surface area contributed by atoms with Gasteiger partial charge < -0.3 is 10.1 Å². The molecule has 0 saturated carbocycles. The third kappa shape index (κ3) is 2.68. The number of rotatable bonds is 2. The third-order valence-electron chi connectivity index (χ3n) is 2.43. The van der Waals surface area contributed by atoms with Gasteiger partial charge in [-0.15, -0.1) is 0 Å². The maximum absolute atomic E-state index is 11.8. The van der Waals surface area contributed by atoms with Gasteiger partial charge in [0.25, 0.3) is 0 Å². The number of anilines is 1. The van der Waals surface area contributed by atoms with E-state index in [-0.39, 0.29) is 17.0 Å². The number of nitrogens with one attached hydrogen (secondary N) is 1. The molecule has 1 amide bonds. The van der Waals surface area contributed by atoms with Crippen LogP contribution in [-0.4, -0.2) is 29.1 Å². The van der Waals surface area contributed by atoms with Gasteiger partial charge in [0.15, 0.2) is 11.0 Å². The number of carbonyl (C=O) groups excluding carboxylic acids is 1.